The number of rotatable bonds is 38. The SMILES string of the molecule is CCCCCCCC/C=C\CCCCCCCCSCC1(CSCCCCCCCC/C=C\CCCCCCCC)CN(CCC)C1. The van der Waals surface area contributed by atoms with Crippen molar-refractivity contribution in [1.29, 1.82) is 0 Å². The van der Waals surface area contributed by atoms with Crippen molar-refractivity contribution >= 4 is 23.5 Å². The second kappa shape index (κ2) is 35.9. The van der Waals surface area contributed by atoms with E-state index >= 15 is 0 Å². The molecular formula is C44H85NS2. The minimum atomic E-state index is 0.607. The molecule has 0 radical (unpaired) electrons. The van der Waals surface area contributed by atoms with Crippen molar-refractivity contribution in [1.82, 2.24) is 4.90 Å². The average molecular weight is 692 g/mol. The smallest absolute Gasteiger partial charge is 0.0138 e. The maximum absolute atomic E-state index is 2.72. The zero-order chi connectivity index (χ0) is 33.8. The van der Waals surface area contributed by atoms with E-state index in [1.807, 2.05) is 0 Å². The Morgan fingerprint density at radius 2 is 0.723 bits per heavy atom. The van der Waals surface area contributed by atoms with Crippen molar-refractivity contribution in [3.63, 3.8) is 0 Å². The molecule has 0 aliphatic carbocycles. The molecule has 0 N–H and O–H groups in total. The van der Waals surface area contributed by atoms with E-state index in [4.69, 9.17) is 0 Å². The molecule has 47 heavy (non-hydrogen) atoms. The highest BCUT2D eigenvalue weighted by atomic mass is 32.2. The van der Waals surface area contributed by atoms with Crippen LogP contribution in [0.1, 0.15) is 207 Å². The maximum atomic E-state index is 2.72. The van der Waals surface area contributed by atoms with E-state index in [9.17, 15) is 0 Å². The van der Waals surface area contributed by atoms with Gasteiger partial charge in [-0.15, -0.1) is 0 Å². The zero-order valence-electron chi connectivity index (χ0n) is 32.5. The quantitative estimate of drug-likeness (QED) is 0.0469. The van der Waals surface area contributed by atoms with E-state index in [0.717, 1.165) is 0 Å². The van der Waals surface area contributed by atoms with Gasteiger partial charge in [0.1, 0.15) is 0 Å². The first-order valence-electron chi connectivity index (χ1n) is 21.4. The largest absolute Gasteiger partial charge is 0.302 e. The molecule has 278 valence electrons. The van der Waals surface area contributed by atoms with Gasteiger partial charge in [0.2, 0.25) is 0 Å². The first kappa shape index (κ1) is 45.2. The van der Waals surface area contributed by atoms with Crippen molar-refractivity contribution < 1.29 is 0 Å². The van der Waals surface area contributed by atoms with Gasteiger partial charge in [0.05, 0.1) is 0 Å². The monoisotopic (exact) mass is 692 g/mol. The van der Waals surface area contributed by atoms with Crippen LogP contribution in [0.5, 0.6) is 0 Å². The lowest BCUT2D eigenvalue weighted by atomic mass is 9.83. The number of nitrogens with zero attached hydrogens (tertiary/aromatic N) is 1. The molecule has 0 atom stereocenters. The van der Waals surface area contributed by atoms with Crippen molar-refractivity contribution in [2.75, 3.05) is 42.6 Å². The topological polar surface area (TPSA) is 3.24 Å². The predicted molar refractivity (Wildman–Crippen MR) is 223 cm³/mol. The molecule has 0 saturated carbocycles. The second-order valence-corrected chi connectivity index (χ2v) is 17.4. The molecule has 3 heteroatoms. The Labute approximate surface area is 306 Å². The fourth-order valence-corrected chi connectivity index (χ4v) is 9.75. The molecule has 1 aliphatic rings. The van der Waals surface area contributed by atoms with Gasteiger partial charge in [-0.2, -0.15) is 23.5 Å². The third-order valence-corrected chi connectivity index (χ3v) is 12.9. The van der Waals surface area contributed by atoms with Crippen LogP contribution < -0.4 is 0 Å². The lowest BCUT2D eigenvalue weighted by Crippen LogP contribution is -2.59. The van der Waals surface area contributed by atoms with Gasteiger partial charge in [-0.05, 0) is 88.7 Å². The van der Waals surface area contributed by atoms with Crippen molar-refractivity contribution in [2.24, 2.45) is 5.41 Å². The molecule has 0 bridgehead atoms. The standard InChI is InChI=1S/C44H85NS2/c1-4-7-9-11-13-15-17-19-21-23-25-27-29-31-33-35-38-46-42-44(40-45(41-44)37-6-3)43-47-39-36-34-32-30-28-26-24-22-20-18-16-14-12-10-8-5-2/h19-22H,4-18,23-43H2,1-3H3/b21-19-,22-20-. The molecule has 0 spiro atoms. The Kier molecular flexibility index (Phi) is 34.5. The Morgan fingerprint density at radius 1 is 0.404 bits per heavy atom. The first-order valence-corrected chi connectivity index (χ1v) is 23.7. The van der Waals surface area contributed by atoms with Gasteiger partial charge in [0.15, 0.2) is 0 Å². The molecular weight excluding hydrogens is 607 g/mol. The number of hydrogen-bond donors (Lipinski definition) is 0. The molecule has 1 heterocycles. The van der Waals surface area contributed by atoms with E-state index in [1.54, 1.807) is 0 Å². The molecule has 1 nitrogen and oxygen atoms in total. The minimum absolute atomic E-state index is 0.607. The fourth-order valence-electron chi connectivity index (χ4n) is 7.08. The molecule has 0 aromatic carbocycles. The summed E-state index contributed by atoms with van der Waals surface area (Å²) in [5.74, 6) is 5.57. The maximum Gasteiger partial charge on any atom is 0.0138 e. The summed E-state index contributed by atoms with van der Waals surface area (Å²) in [4.78, 5) is 2.72. The molecule has 1 rings (SSSR count). The number of likely N-dealkylation sites (tertiary alicyclic amines) is 1. The predicted octanol–water partition coefficient (Wildman–Crippen LogP) is 15.2. The van der Waals surface area contributed by atoms with Gasteiger partial charge in [-0.25, -0.2) is 0 Å². The van der Waals surface area contributed by atoms with E-state index < -0.39 is 0 Å². The van der Waals surface area contributed by atoms with Gasteiger partial charge in [0, 0.05) is 30.0 Å². The van der Waals surface area contributed by atoms with E-state index in [-0.39, 0.29) is 0 Å². The molecule has 1 aliphatic heterocycles. The summed E-state index contributed by atoms with van der Waals surface area (Å²) >= 11 is 4.56. The third kappa shape index (κ3) is 29.6. The van der Waals surface area contributed by atoms with Gasteiger partial charge < -0.3 is 4.90 Å². The molecule has 0 amide bonds. The first-order chi connectivity index (χ1) is 23.3. The van der Waals surface area contributed by atoms with Crippen LogP contribution in [0.25, 0.3) is 0 Å². The highest BCUT2D eigenvalue weighted by Gasteiger charge is 2.41. The fraction of sp³-hybridized carbons (Fsp3) is 0.909. The average Bonchev–Trinajstić information content (AvgIpc) is 3.06. The summed E-state index contributed by atoms with van der Waals surface area (Å²) in [6.07, 6.45) is 50.5. The van der Waals surface area contributed by atoms with Gasteiger partial charge in [-0.3, -0.25) is 0 Å². The number of unbranched alkanes of at least 4 members (excludes halogenated alkanes) is 24. The van der Waals surface area contributed by atoms with E-state index in [1.165, 1.54) is 229 Å². The lowest BCUT2D eigenvalue weighted by Gasteiger charge is -2.50. The van der Waals surface area contributed by atoms with Crippen LogP contribution in [0.4, 0.5) is 0 Å². The summed E-state index contributed by atoms with van der Waals surface area (Å²) in [7, 11) is 0. The molecule has 0 unspecified atom stereocenters. The Hall–Kier alpha value is 0.140. The van der Waals surface area contributed by atoms with Gasteiger partial charge >= 0.3 is 0 Å². The molecule has 1 fully saturated rings. The van der Waals surface area contributed by atoms with E-state index in [2.05, 4.69) is 73.5 Å². The van der Waals surface area contributed by atoms with Crippen LogP contribution in [0.3, 0.4) is 0 Å². The summed E-state index contributed by atoms with van der Waals surface area (Å²) in [6, 6.07) is 0. The van der Waals surface area contributed by atoms with Crippen LogP contribution in [-0.4, -0.2) is 47.5 Å². The second-order valence-electron chi connectivity index (χ2n) is 15.2. The summed E-state index contributed by atoms with van der Waals surface area (Å²) in [6.45, 7) is 11.0. The molecule has 0 aromatic rings. The number of allylic oxidation sites excluding steroid dienone is 4. The number of thioether (sulfide) groups is 2. The van der Waals surface area contributed by atoms with Crippen LogP contribution in [0, 0.1) is 5.41 Å². The Bertz CT molecular complexity index is 620. The van der Waals surface area contributed by atoms with Crippen molar-refractivity contribution in [3.8, 4) is 0 Å². The minimum Gasteiger partial charge on any atom is -0.302 e. The normalized spacial score (nSPS) is 15.0. The highest BCUT2D eigenvalue weighted by molar-refractivity contribution is 8.00. The molecule has 0 aromatic heterocycles. The summed E-state index contributed by atoms with van der Waals surface area (Å²) < 4.78 is 0. The highest BCUT2D eigenvalue weighted by Crippen LogP contribution is 2.38. The van der Waals surface area contributed by atoms with Crippen LogP contribution in [0.2, 0.25) is 0 Å². The summed E-state index contributed by atoms with van der Waals surface area (Å²) in [5, 5.41) is 0. The van der Waals surface area contributed by atoms with Gasteiger partial charge in [0.25, 0.3) is 0 Å². The lowest BCUT2D eigenvalue weighted by molar-refractivity contribution is 0.0394. The van der Waals surface area contributed by atoms with Crippen LogP contribution in [0.15, 0.2) is 24.3 Å². The van der Waals surface area contributed by atoms with Crippen molar-refractivity contribution in [2.45, 2.75) is 207 Å². The number of hydrogen-bond acceptors (Lipinski definition) is 3. The van der Waals surface area contributed by atoms with Crippen LogP contribution in [-0.2, 0) is 0 Å². The zero-order valence-corrected chi connectivity index (χ0v) is 34.2. The molecule has 1 saturated heterocycles. The van der Waals surface area contributed by atoms with E-state index in [0.29, 0.717) is 5.41 Å². The summed E-state index contributed by atoms with van der Waals surface area (Å²) in [5.41, 5.74) is 0.607. The van der Waals surface area contributed by atoms with Crippen molar-refractivity contribution in [3.05, 3.63) is 24.3 Å². The third-order valence-electron chi connectivity index (χ3n) is 10.1. The van der Waals surface area contributed by atoms with Crippen LogP contribution >= 0.6 is 23.5 Å². The van der Waals surface area contributed by atoms with Gasteiger partial charge in [-0.1, -0.05) is 161 Å². The Balaban J connectivity index is 1.94. The Morgan fingerprint density at radius 3 is 1.06 bits per heavy atom.